The van der Waals surface area contributed by atoms with Gasteiger partial charge in [-0.05, 0) is 44.2 Å². The van der Waals surface area contributed by atoms with Crippen LogP contribution >= 0.6 is 11.6 Å². The van der Waals surface area contributed by atoms with Gasteiger partial charge < -0.3 is 23.5 Å². The van der Waals surface area contributed by atoms with Gasteiger partial charge in [0, 0.05) is 30.1 Å². The number of ketones is 1. The number of anilines is 1. The minimum Gasteiger partial charge on any atom is -0.495 e. The molecular weight excluding hydrogens is 524 g/mol. The Hall–Kier alpha value is -3.70. The standard InChI is InChI=1S/C25H27ClN2O8S/c1-14-9-17(15(2)28(14)3)20(29)13-36-25(30)16-7-8-21(33-4)24(10-16)37(31,32)27-19-11-18(26)22(34-5)12-23(19)35-6/h7-12,27H,13H2,1-6H3. The minimum absolute atomic E-state index is 0.0194. The van der Waals surface area contributed by atoms with E-state index in [2.05, 4.69) is 4.72 Å². The Labute approximate surface area is 220 Å². The second kappa shape index (κ2) is 11.1. The summed E-state index contributed by atoms with van der Waals surface area (Å²) in [7, 11) is 1.60. The number of ether oxygens (including phenoxy) is 4. The molecule has 3 aromatic rings. The van der Waals surface area contributed by atoms with Gasteiger partial charge in [0.05, 0.1) is 37.6 Å². The largest absolute Gasteiger partial charge is 0.495 e. The van der Waals surface area contributed by atoms with Crippen molar-refractivity contribution in [1.29, 1.82) is 0 Å². The molecule has 0 aliphatic heterocycles. The Morgan fingerprint density at radius 2 is 1.59 bits per heavy atom. The molecule has 0 radical (unpaired) electrons. The van der Waals surface area contributed by atoms with Crippen LogP contribution in [0, 0.1) is 13.8 Å². The lowest BCUT2D eigenvalue weighted by Crippen LogP contribution is -2.17. The lowest BCUT2D eigenvalue weighted by atomic mass is 10.1. The van der Waals surface area contributed by atoms with Gasteiger partial charge in [0.15, 0.2) is 6.61 Å². The van der Waals surface area contributed by atoms with Crippen LogP contribution in [0.3, 0.4) is 0 Å². The van der Waals surface area contributed by atoms with Crippen LogP contribution in [0.15, 0.2) is 41.3 Å². The predicted octanol–water partition coefficient (Wildman–Crippen LogP) is 4.16. The number of aromatic nitrogens is 1. The zero-order valence-corrected chi connectivity index (χ0v) is 22.7. The summed E-state index contributed by atoms with van der Waals surface area (Å²) in [6, 6.07) is 8.24. The van der Waals surface area contributed by atoms with E-state index in [9.17, 15) is 18.0 Å². The van der Waals surface area contributed by atoms with Gasteiger partial charge in [0.25, 0.3) is 10.0 Å². The third-order valence-corrected chi connectivity index (χ3v) is 7.50. The molecule has 10 nitrogen and oxygen atoms in total. The van der Waals surface area contributed by atoms with Gasteiger partial charge in [-0.15, -0.1) is 0 Å². The third-order valence-electron chi connectivity index (χ3n) is 5.82. The number of hydrogen-bond donors (Lipinski definition) is 1. The molecule has 1 heterocycles. The van der Waals surface area contributed by atoms with Crippen LogP contribution in [-0.2, 0) is 21.8 Å². The maximum Gasteiger partial charge on any atom is 0.338 e. The molecule has 2 aromatic carbocycles. The molecule has 0 aliphatic rings. The van der Waals surface area contributed by atoms with Crippen molar-refractivity contribution in [3.63, 3.8) is 0 Å². The second-order valence-corrected chi connectivity index (χ2v) is 10.1. The number of aryl methyl sites for hydroxylation is 1. The molecule has 0 saturated heterocycles. The fourth-order valence-electron chi connectivity index (χ4n) is 3.58. The Morgan fingerprint density at radius 1 is 0.946 bits per heavy atom. The zero-order valence-electron chi connectivity index (χ0n) is 21.2. The van der Waals surface area contributed by atoms with Gasteiger partial charge in [-0.2, -0.15) is 0 Å². The van der Waals surface area contributed by atoms with Crippen molar-refractivity contribution in [2.45, 2.75) is 18.7 Å². The molecular formula is C25H27ClN2O8S. The number of esters is 1. The molecule has 1 aromatic heterocycles. The Morgan fingerprint density at radius 3 is 2.16 bits per heavy atom. The Balaban J connectivity index is 1.87. The third kappa shape index (κ3) is 5.83. The van der Waals surface area contributed by atoms with Gasteiger partial charge in [0.1, 0.15) is 22.1 Å². The van der Waals surface area contributed by atoms with Crippen LogP contribution in [0.4, 0.5) is 5.69 Å². The number of sulfonamides is 1. The molecule has 0 amide bonds. The van der Waals surface area contributed by atoms with Crippen molar-refractivity contribution in [2.24, 2.45) is 7.05 Å². The maximum absolute atomic E-state index is 13.3. The molecule has 0 bridgehead atoms. The first-order valence-corrected chi connectivity index (χ1v) is 12.7. The fraction of sp³-hybridized carbons (Fsp3) is 0.280. The predicted molar refractivity (Wildman–Crippen MR) is 138 cm³/mol. The van der Waals surface area contributed by atoms with E-state index in [1.165, 1.54) is 45.6 Å². The molecule has 3 rings (SSSR count). The maximum atomic E-state index is 13.3. The van der Waals surface area contributed by atoms with Crippen molar-refractivity contribution in [1.82, 2.24) is 4.57 Å². The number of carbonyl (C=O) groups is 2. The summed E-state index contributed by atoms with van der Waals surface area (Å²) < 4.78 is 51.6. The number of halogens is 1. The number of nitrogens with one attached hydrogen (secondary N) is 1. The summed E-state index contributed by atoms with van der Waals surface area (Å²) >= 11 is 6.15. The van der Waals surface area contributed by atoms with E-state index in [-0.39, 0.29) is 38.5 Å². The monoisotopic (exact) mass is 550 g/mol. The number of Topliss-reactive ketones (excluding diaryl/α,β-unsaturated/α-hetero) is 1. The van der Waals surface area contributed by atoms with Crippen LogP contribution < -0.4 is 18.9 Å². The van der Waals surface area contributed by atoms with Gasteiger partial charge in [-0.25, -0.2) is 13.2 Å². The van der Waals surface area contributed by atoms with Crippen LogP contribution in [0.1, 0.15) is 32.1 Å². The number of hydrogen-bond acceptors (Lipinski definition) is 8. The van der Waals surface area contributed by atoms with E-state index in [0.717, 1.165) is 17.5 Å². The molecule has 37 heavy (non-hydrogen) atoms. The summed E-state index contributed by atoms with van der Waals surface area (Å²) in [6.45, 7) is 3.15. The average molecular weight is 551 g/mol. The molecule has 1 N–H and O–H groups in total. The molecule has 0 spiro atoms. The first-order chi connectivity index (χ1) is 17.4. The van der Waals surface area contributed by atoms with Crippen molar-refractivity contribution < 1.29 is 37.0 Å². The zero-order chi connectivity index (χ0) is 27.5. The first kappa shape index (κ1) is 27.9. The summed E-state index contributed by atoms with van der Waals surface area (Å²) in [5.74, 6) is -0.818. The Bertz CT molecular complexity index is 1460. The smallest absolute Gasteiger partial charge is 0.338 e. The highest BCUT2D eigenvalue weighted by Gasteiger charge is 2.25. The molecule has 0 atom stereocenters. The van der Waals surface area contributed by atoms with Gasteiger partial charge in [-0.1, -0.05) is 11.6 Å². The summed E-state index contributed by atoms with van der Waals surface area (Å²) in [5, 5.41) is 0.152. The number of methoxy groups -OCH3 is 3. The second-order valence-electron chi connectivity index (χ2n) is 8.00. The first-order valence-electron chi connectivity index (χ1n) is 10.9. The van der Waals surface area contributed by atoms with Crippen molar-refractivity contribution in [3.8, 4) is 17.2 Å². The lowest BCUT2D eigenvalue weighted by molar-refractivity contribution is 0.0474. The normalized spacial score (nSPS) is 11.1. The van der Waals surface area contributed by atoms with E-state index in [1.807, 2.05) is 18.5 Å². The molecule has 198 valence electrons. The van der Waals surface area contributed by atoms with Crippen LogP contribution in [-0.4, -0.2) is 52.7 Å². The summed E-state index contributed by atoms with van der Waals surface area (Å²) in [6.07, 6.45) is 0. The van der Waals surface area contributed by atoms with Crippen molar-refractivity contribution in [3.05, 3.63) is 63.9 Å². The van der Waals surface area contributed by atoms with E-state index in [4.69, 9.17) is 30.5 Å². The highest BCUT2D eigenvalue weighted by Crippen LogP contribution is 2.38. The lowest BCUT2D eigenvalue weighted by Gasteiger charge is -2.16. The topological polar surface area (TPSA) is 122 Å². The highest BCUT2D eigenvalue weighted by atomic mass is 35.5. The highest BCUT2D eigenvalue weighted by molar-refractivity contribution is 7.92. The van der Waals surface area contributed by atoms with E-state index >= 15 is 0 Å². The van der Waals surface area contributed by atoms with Crippen LogP contribution in [0.25, 0.3) is 0 Å². The average Bonchev–Trinajstić information content (AvgIpc) is 3.13. The molecule has 0 aliphatic carbocycles. The SMILES string of the molecule is COc1cc(OC)c(NS(=O)(=O)c2cc(C(=O)OCC(=O)c3cc(C)n(C)c3C)ccc2OC)cc1Cl. The quantitative estimate of drug-likeness (QED) is 0.295. The van der Waals surface area contributed by atoms with Crippen LogP contribution in [0.5, 0.6) is 17.2 Å². The molecule has 0 fully saturated rings. The molecule has 0 saturated carbocycles. The minimum atomic E-state index is -4.29. The Kier molecular flexibility index (Phi) is 8.39. The number of nitrogens with zero attached hydrogens (tertiary/aromatic N) is 1. The van der Waals surface area contributed by atoms with E-state index in [1.54, 1.807) is 13.0 Å². The van der Waals surface area contributed by atoms with E-state index < -0.39 is 22.6 Å². The summed E-state index contributed by atoms with van der Waals surface area (Å²) in [4.78, 5) is 25.0. The van der Waals surface area contributed by atoms with Crippen LogP contribution in [0.2, 0.25) is 5.02 Å². The van der Waals surface area contributed by atoms with Crippen molar-refractivity contribution in [2.75, 3.05) is 32.7 Å². The van der Waals surface area contributed by atoms with Crippen molar-refractivity contribution >= 4 is 39.1 Å². The fourth-order valence-corrected chi connectivity index (χ4v) is 5.08. The van der Waals surface area contributed by atoms with Gasteiger partial charge in [0.2, 0.25) is 5.78 Å². The number of rotatable bonds is 10. The molecule has 12 heteroatoms. The molecule has 0 unspecified atom stereocenters. The van der Waals surface area contributed by atoms with Gasteiger partial charge >= 0.3 is 5.97 Å². The van der Waals surface area contributed by atoms with Gasteiger partial charge in [-0.3, -0.25) is 9.52 Å². The summed E-state index contributed by atoms with van der Waals surface area (Å²) in [5.41, 5.74) is 2.04. The number of benzene rings is 2. The van der Waals surface area contributed by atoms with E-state index in [0.29, 0.717) is 11.3 Å². The number of carbonyl (C=O) groups excluding carboxylic acids is 2.